The minimum atomic E-state index is 0.497. The van der Waals surface area contributed by atoms with Crippen molar-refractivity contribution in [1.82, 2.24) is 4.57 Å². The number of hydrogen-bond acceptors (Lipinski definition) is 2. The Morgan fingerprint density at radius 2 is 1.78 bits per heavy atom. The van der Waals surface area contributed by atoms with Gasteiger partial charge in [-0.3, -0.25) is 4.99 Å². The molecule has 0 fully saturated rings. The smallest absolute Gasteiger partial charge is 0.119 e. The van der Waals surface area contributed by atoms with Gasteiger partial charge in [-0.25, -0.2) is 0 Å². The second kappa shape index (κ2) is 6.90. The molecular weight excluding hydrogens is 331 g/mol. The van der Waals surface area contributed by atoms with Gasteiger partial charge in [0.2, 0.25) is 0 Å². The summed E-state index contributed by atoms with van der Waals surface area (Å²) in [6.07, 6.45) is 5.78. The zero-order chi connectivity index (χ0) is 16.2. The van der Waals surface area contributed by atoms with Crippen LogP contribution >= 0.6 is 23.2 Å². The van der Waals surface area contributed by atoms with Gasteiger partial charge in [-0.05, 0) is 48.5 Å². The number of nitrogens with zero attached hydrogens (tertiary/aromatic N) is 2. The molecule has 0 atom stereocenters. The Morgan fingerprint density at radius 3 is 2.48 bits per heavy atom. The minimum Gasteiger partial charge on any atom is -0.497 e. The average molecular weight is 345 g/mol. The minimum absolute atomic E-state index is 0.497. The van der Waals surface area contributed by atoms with E-state index in [4.69, 9.17) is 27.9 Å². The van der Waals surface area contributed by atoms with Crippen LogP contribution in [-0.4, -0.2) is 17.9 Å². The molecule has 0 aliphatic rings. The molecule has 0 bridgehead atoms. The number of ether oxygens (including phenoxy) is 1. The van der Waals surface area contributed by atoms with Crippen LogP contribution in [0.1, 0.15) is 5.56 Å². The topological polar surface area (TPSA) is 26.5 Å². The second-order valence-corrected chi connectivity index (χ2v) is 5.72. The number of aliphatic imine (C=N–C) groups is 1. The first kappa shape index (κ1) is 15.7. The first-order chi connectivity index (χ1) is 11.2. The maximum absolute atomic E-state index is 5.98. The van der Waals surface area contributed by atoms with E-state index in [2.05, 4.69) is 4.99 Å². The van der Waals surface area contributed by atoms with Crippen molar-refractivity contribution < 1.29 is 4.74 Å². The summed E-state index contributed by atoms with van der Waals surface area (Å²) in [5.74, 6) is 0.835. The lowest BCUT2D eigenvalue weighted by molar-refractivity contribution is 0.415. The highest BCUT2D eigenvalue weighted by atomic mass is 35.5. The zero-order valence-electron chi connectivity index (χ0n) is 12.4. The summed E-state index contributed by atoms with van der Waals surface area (Å²) in [5.41, 5.74) is 2.81. The number of benzene rings is 2. The summed E-state index contributed by atoms with van der Waals surface area (Å²) in [4.78, 5) is 4.41. The van der Waals surface area contributed by atoms with Gasteiger partial charge in [0.25, 0.3) is 0 Å². The van der Waals surface area contributed by atoms with Crippen molar-refractivity contribution in [1.29, 1.82) is 0 Å². The Labute approximate surface area is 144 Å². The third-order valence-corrected chi connectivity index (χ3v) is 4.09. The first-order valence-corrected chi connectivity index (χ1v) is 7.73. The Balaban J connectivity index is 1.78. The van der Waals surface area contributed by atoms with Gasteiger partial charge in [-0.2, -0.15) is 0 Å². The lowest BCUT2D eigenvalue weighted by Crippen LogP contribution is -1.90. The number of aromatic nitrogens is 1. The number of halogens is 2. The zero-order valence-corrected chi connectivity index (χ0v) is 13.9. The summed E-state index contributed by atoms with van der Waals surface area (Å²) in [6, 6.07) is 15.1. The quantitative estimate of drug-likeness (QED) is 0.570. The molecule has 3 rings (SSSR count). The van der Waals surface area contributed by atoms with Crippen LogP contribution in [-0.2, 0) is 0 Å². The van der Waals surface area contributed by atoms with Crippen molar-refractivity contribution >= 4 is 35.1 Å². The molecule has 0 saturated carbocycles. The molecule has 0 N–H and O–H groups in total. The molecule has 3 nitrogen and oxygen atoms in total. The van der Waals surface area contributed by atoms with Crippen molar-refractivity contribution in [3.8, 4) is 11.4 Å². The van der Waals surface area contributed by atoms with Crippen molar-refractivity contribution in [2.24, 2.45) is 4.99 Å². The molecule has 116 valence electrons. The Bertz CT molecular complexity index is 838. The maximum atomic E-state index is 5.98. The highest BCUT2D eigenvalue weighted by molar-refractivity contribution is 6.42. The van der Waals surface area contributed by atoms with E-state index in [1.54, 1.807) is 25.5 Å². The predicted octanol–water partition coefficient (Wildman–Crippen LogP) is 5.54. The summed E-state index contributed by atoms with van der Waals surface area (Å²) >= 11 is 11.9. The molecule has 5 heteroatoms. The van der Waals surface area contributed by atoms with Gasteiger partial charge in [-0.1, -0.05) is 23.2 Å². The average Bonchev–Trinajstić information content (AvgIpc) is 3.05. The van der Waals surface area contributed by atoms with Crippen LogP contribution in [0.5, 0.6) is 5.75 Å². The molecule has 0 spiro atoms. The standard InChI is InChI=1S/C18H14Cl2N2O/c1-23-16-5-3-15(4-6-16)22-9-8-13(12-22)11-21-14-2-7-17(19)18(20)10-14/h2-12H,1H3. The van der Waals surface area contributed by atoms with Crippen LogP contribution < -0.4 is 4.74 Å². The van der Waals surface area contributed by atoms with Crippen LogP contribution in [0, 0.1) is 0 Å². The third-order valence-electron chi connectivity index (χ3n) is 3.35. The second-order valence-electron chi connectivity index (χ2n) is 4.91. The molecule has 3 aromatic rings. The Morgan fingerprint density at radius 1 is 1.00 bits per heavy atom. The molecule has 2 aromatic carbocycles. The molecule has 0 amide bonds. The number of rotatable bonds is 4. The molecule has 0 saturated heterocycles. The SMILES string of the molecule is COc1ccc(-n2ccc(C=Nc3ccc(Cl)c(Cl)c3)c2)cc1. The third kappa shape index (κ3) is 3.76. The molecule has 1 aromatic heterocycles. The highest BCUT2D eigenvalue weighted by Gasteiger charge is 2.00. The number of hydrogen-bond donors (Lipinski definition) is 0. The molecule has 0 aliphatic carbocycles. The van der Waals surface area contributed by atoms with Gasteiger partial charge < -0.3 is 9.30 Å². The summed E-state index contributed by atoms with van der Waals surface area (Å²) in [6.45, 7) is 0. The van der Waals surface area contributed by atoms with E-state index in [-0.39, 0.29) is 0 Å². The van der Waals surface area contributed by atoms with E-state index in [1.807, 2.05) is 53.4 Å². The summed E-state index contributed by atoms with van der Waals surface area (Å²) in [5, 5.41) is 1.02. The molecule has 0 radical (unpaired) electrons. The van der Waals surface area contributed by atoms with Crippen LogP contribution in [0.3, 0.4) is 0 Å². The lowest BCUT2D eigenvalue weighted by atomic mass is 10.3. The Kier molecular flexibility index (Phi) is 4.70. The van der Waals surface area contributed by atoms with E-state index in [0.717, 1.165) is 22.7 Å². The fourth-order valence-corrected chi connectivity index (χ4v) is 2.41. The normalized spacial score (nSPS) is 11.1. The van der Waals surface area contributed by atoms with Crippen molar-refractivity contribution in [3.63, 3.8) is 0 Å². The fraction of sp³-hybridized carbons (Fsp3) is 0.0556. The van der Waals surface area contributed by atoms with Crippen LogP contribution in [0.15, 0.2) is 65.9 Å². The highest BCUT2D eigenvalue weighted by Crippen LogP contribution is 2.26. The molecule has 23 heavy (non-hydrogen) atoms. The van der Waals surface area contributed by atoms with Crippen LogP contribution in [0.4, 0.5) is 5.69 Å². The fourth-order valence-electron chi connectivity index (χ4n) is 2.12. The van der Waals surface area contributed by atoms with Gasteiger partial charge in [0.15, 0.2) is 0 Å². The van der Waals surface area contributed by atoms with E-state index in [9.17, 15) is 0 Å². The largest absolute Gasteiger partial charge is 0.497 e. The van der Waals surface area contributed by atoms with Gasteiger partial charge in [0.05, 0.1) is 22.8 Å². The predicted molar refractivity (Wildman–Crippen MR) is 96.0 cm³/mol. The van der Waals surface area contributed by atoms with Gasteiger partial charge >= 0.3 is 0 Å². The Hall–Kier alpha value is -2.23. The molecule has 1 heterocycles. The van der Waals surface area contributed by atoms with Crippen LogP contribution in [0.25, 0.3) is 5.69 Å². The van der Waals surface area contributed by atoms with Crippen molar-refractivity contribution in [2.75, 3.05) is 7.11 Å². The van der Waals surface area contributed by atoms with Crippen molar-refractivity contribution in [3.05, 3.63) is 76.5 Å². The van der Waals surface area contributed by atoms with E-state index in [0.29, 0.717) is 10.0 Å². The summed E-state index contributed by atoms with van der Waals surface area (Å²) < 4.78 is 7.19. The lowest BCUT2D eigenvalue weighted by Gasteiger charge is -2.04. The van der Waals surface area contributed by atoms with E-state index in [1.165, 1.54) is 0 Å². The van der Waals surface area contributed by atoms with Crippen LogP contribution in [0.2, 0.25) is 10.0 Å². The van der Waals surface area contributed by atoms with Crippen molar-refractivity contribution in [2.45, 2.75) is 0 Å². The molecule has 0 unspecified atom stereocenters. The molecular formula is C18H14Cl2N2O. The van der Waals surface area contributed by atoms with E-state index < -0.39 is 0 Å². The van der Waals surface area contributed by atoms with Gasteiger partial charge in [-0.15, -0.1) is 0 Å². The number of methoxy groups -OCH3 is 1. The van der Waals surface area contributed by atoms with E-state index >= 15 is 0 Å². The monoisotopic (exact) mass is 344 g/mol. The summed E-state index contributed by atoms with van der Waals surface area (Å²) in [7, 11) is 1.66. The van der Waals surface area contributed by atoms with Gasteiger partial charge in [0.1, 0.15) is 5.75 Å². The first-order valence-electron chi connectivity index (χ1n) is 6.97. The van der Waals surface area contributed by atoms with Gasteiger partial charge in [0, 0.05) is 29.9 Å². The maximum Gasteiger partial charge on any atom is 0.119 e. The molecule has 0 aliphatic heterocycles.